The maximum Gasteiger partial charge on any atom is 0.239 e. The summed E-state index contributed by atoms with van der Waals surface area (Å²) >= 11 is 3.69. The molecule has 166 valence electrons. The molecular formula is C33H23S2+. The van der Waals surface area contributed by atoms with Gasteiger partial charge in [-0.1, -0.05) is 109 Å². The predicted molar refractivity (Wildman–Crippen MR) is 155 cm³/mol. The molecule has 0 bridgehead atoms. The average Bonchev–Trinajstić information content (AvgIpc) is 2.93. The van der Waals surface area contributed by atoms with Crippen LogP contribution in [-0.4, -0.2) is 0 Å². The number of thioether (sulfide) groups is 1. The summed E-state index contributed by atoms with van der Waals surface area (Å²) in [6, 6.07) is 40.9. The topological polar surface area (TPSA) is 0 Å². The minimum absolute atomic E-state index is 1.24. The molecule has 0 saturated carbocycles. The van der Waals surface area contributed by atoms with Gasteiger partial charge in [0.25, 0.3) is 0 Å². The number of hydrogen-bond acceptors (Lipinski definition) is 1. The lowest BCUT2D eigenvalue weighted by Crippen LogP contribution is -1.93. The first-order valence-electron chi connectivity index (χ1n) is 11.7. The Morgan fingerprint density at radius 1 is 0.657 bits per heavy atom. The second kappa shape index (κ2) is 9.87. The highest BCUT2D eigenvalue weighted by atomic mass is 32.2. The molecule has 5 aromatic rings. The van der Waals surface area contributed by atoms with Crippen LogP contribution < -0.4 is 0 Å². The zero-order valence-electron chi connectivity index (χ0n) is 19.1. The number of hydrogen-bond donors (Lipinski definition) is 0. The molecule has 0 saturated heterocycles. The summed E-state index contributed by atoms with van der Waals surface area (Å²) in [5.74, 6) is 0. The molecule has 0 radical (unpaired) electrons. The van der Waals surface area contributed by atoms with Gasteiger partial charge in [-0.15, -0.1) is 0 Å². The Hall–Kier alpha value is -3.72. The van der Waals surface area contributed by atoms with Gasteiger partial charge < -0.3 is 0 Å². The van der Waals surface area contributed by atoms with Gasteiger partial charge in [0, 0.05) is 32.9 Å². The molecule has 35 heavy (non-hydrogen) atoms. The average molecular weight is 484 g/mol. The number of rotatable bonds is 4. The van der Waals surface area contributed by atoms with Crippen LogP contribution in [0.4, 0.5) is 0 Å². The van der Waals surface area contributed by atoms with Crippen molar-refractivity contribution < 1.29 is 0 Å². The fraction of sp³-hybridized carbons (Fsp3) is 0. The number of benzene rings is 4. The molecule has 0 nitrogen and oxygen atoms in total. The maximum atomic E-state index is 2.31. The third kappa shape index (κ3) is 4.64. The van der Waals surface area contributed by atoms with Gasteiger partial charge in [-0.05, 0) is 52.6 Å². The molecule has 2 heterocycles. The van der Waals surface area contributed by atoms with E-state index >= 15 is 0 Å². The molecule has 2 heteroatoms. The highest BCUT2D eigenvalue weighted by molar-refractivity contribution is 8.08. The largest absolute Gasteiger partial charge is 0.239 e. The molecule has 0 amide bonds. The third-order valence-electron chi connectivity index (χ3n) is 6.08. The van der Waals surface area contributed by atoms with Gasteiger partial charge in [-0.25, -0.2) is 0 Å². The normalized spacial score (nSPS) is 14.3. The van der Waals surface area contributed by atoms with Crippen molar-refractivity contribution in [3.05, 3.63) is 150 Å². The Labute approximate surface area is 214 Å². The number of fused-ring (bicyclic) bond motifs is 2. The summed E-state index contributed by atoms with van der Waals surface area (Å²) in [5, 5.41) is 1.28. The standard InChI is InChI=1S/C33H23S2/c1-3-12-24(13-4-1)32-22-26(28-18-7-9-20-30(28)34-32)16-11-17-27-23-33(25-14-5-2-6-15-25)35-31-21-10-8-19-29(27)31/h1-23H/q+1. The SMILES string of the molecule is C(=Cc1cc(-c2ccccc2)[s+]c2ccccc12)C=C1C=C(c2ccccc2)Sc2ccccc21. The van der Waals surface area contributed by atoms with Crippen molar-refractivity contribution in [3.8, 4) is 10.4 Å². The van der Waals surface area contributed by atoms with E-state index in [1.54, 1.807) is 0 Å². The Bertz CT molecular complexity index is 1590. The lowest BCUT2D eigenvalue weighted by Gasteiger charge is -2.18. The van der Waals surface area contributed by atoms with Crippen LogP contribution in [0.2, 0.25) is 0 Å². The van der Waals surface area contributed by atoms with Crippen molar-refractivity contribution >= 4 is 49.7 Å². The Morgan fingerprint density at radius 3 is 2.17 bits per heavy atom. The van der Waals surface area contributed by atoms with E-state index in [0.29, 0.717) is 0 Å². The summed E-state index contributed by atoms with van der Waals surface area (Å²) < 4.78 is 1.30. The van der Waals surface area contributed by atoms with E-state index < -0.39 is 0 Å². The summed E-state index contributed by atoms with van der Waals surface area (Å²) in [4.78, 5) is 3.86. The first-order chi connectivity index (χ1) is 17.3. The van der Waals surface area contributed by atoms with E-state index in [9.17, 15) is 0 Å². The molecule has 0 unspecified atom stereocenters. The minimum atomic E-state index is 1.24. The highest BCUT2D eigenvalue weighted by Crippen LogP contribution is 2.44. The van der Waals surface area contributed by atoms with Crippen LogP contribution in [0.3, 0.4) is 0 Å². The van der Waals surface area contributed by atoms with Crippen LogP contribution in [0.25, 0.3) is 37.1 Å². The van der Waals surface area contributed by atoms with Crippen molar-refractivity contribution in [3.63, 3.8) is 0 Å². The van der Waals surface area contributed by atoms with Crippen molar-refractivity contribution in [2.75, 3.05) is 0 Å². The Balaban J connectivity index is 1.43. The third-order valence-corrected chi connectivity index (χ3v) is 8.38. The molecule has 4 aromatic carbocycles. The summed E-state index contributed by atoms with van der Waals surface area (Å²) in [5.41, 5.74) is 6.27. The molecule has 0 fully saturated rings. The fourth-order valence-corrected chi connectivity index (χ4v) is 6.58. The van der Waals surface area contributed by atoms with Crippen molar-refractivity contribution in [1.82, 2.24) is 0 Å². The molecule has 6 rings (SSSR count). The summed E-state index contributed by atoms with van der Waals surface area (Å²) in [6.07, 6.45) is 9.00. The summed E-state index contributed by atoms with van der Waals surface area (Å²) in [6.45, 7) is 0. The first kappa shape index (κ1) is 21.8. The van der Waals surface area contributed by atoms with Crippen LogP contribution in [0.1, 0.15) is 16.7 Å². The minimum Gasteiger partial charge on any atom is -0.0888 e. The lowest BCUT2D eigenvalue weighted by molar-refractivity contribution is 1.40. The molecule has 1 aliphatic heterocycles. The van der Waals surface area contributed by atoms with Gasteiger partial charge in [0.15, 0.2) is 0 Å². The van der Waals surface area contributed by atoms with Crippen molar-refractivity contribution in [1.29, 1.82) is 0 Å². The highest BCUT2D eigenvalue weighted by Gasteiger charge is 2.17. The van der Waals surface area contributed by atoms with Crippen LogP contribution in [0.15, 0.2) is 138 Å². The van der Waals surface area contributed by atoms with E-state index in [4.69, 9.17) is 0 Å². The monoisotopic (exact) mass is 483 g/mol. The zero-order chi connectivity index (χ0) is 23.5. The van der Waals surface area contributed by atoms with Gasteiger partial charge in [-0.3, -0.25) is 0 Å². The van der Waals surface area contributed by atoms with E-state index in [1.807, 2.05) is 23.1 Å². The molecule has 0 aliphatic carbocycles. The second-order valence-electron chi connectivity index (χ2n) is 8.38. The molecular weight excluding hydrogens is 460 g/mol. The van der Waals surface area contributed by atoms with Gasteiger partial charge >= 0.3 is 0 Å². The Morgan fingerprint density at radius 2 is 1.34 bits per heavy atom. The number of allylic oxidation sites excluding steroid dienone is 4. The maximum absolute atomic E-state index is 2.31. The first-order valence-corrected chi connectivity index (χ1v) is 13.3. The van der Waals surface area contributed by atoms with Gasteiger partial charge in [-0.2, -0.15) is 0 Å². The van der Waals surface area contributed by atoms with Gasteiger partial charge in [0.1, 0.15) is 0 Å². The quantitative estimate of drug-likeness (QED) is 0.229. The predicted octanol–water partition coefficient (Wildman–Crippen LogP) is 10.1. The van der Waals surface area contributed by atoms with Crippen LogP contribution >= 0.6 is 23.1 Å². The molecule has 0 spiro atoms. The van der Waals surface area contributed by atoms with E-state index in [1.165, 1.54) is 52.6 Å². The smallest absolute Gasteiger partial charge is 0.0888 e. The second-order valence-corrected chi connectivity index (χ2v) is 10.5. The van der Waals surface area contributed by atoms with Gasteiger partial charge in [0.2, 0.25) is 20.9 Å². The Kier molecular flexibility index (Phi) is 6.15. The van der Waals surface area contributed by atoms with E-state index in [2.05, 4.69) is 140 Å². The van der Waals surface area contributed by atoms with Crippen LogP contribution in [-0.2, 0) is 0 Å². The van der Waals surface area contributed by atoms with Gasteiger partial charge in [0.05, 0.1) is 0 Å². The van der Waals surface area contributed by atoms with E-state index in [-0.39, 0.29) is 0 Å². The molecule has 0 atom stereocenters. The van der Waals surface area contributed by atoms with Crippen LogP contribution in [0.5, 0.6) is 0 Å². The van der Waals surface area contributed by atoms with Crippen LogP contribution in [0, 0.1) is 0 Å². The zero-order valence-corrected chi connectivity index (χ0v) is 20.7. The molecule has 1 aliphatic rings. The van der Waals surface area contributed by atoms with Crippen molar-refractivity contribution in [2.24, 2.45) is 0 Å². The van der Waals surface area contributed by atoms with E-state index in [0.717, 1.165) is 0 Å². The summed E-state index contributed by atoms with van der Waals surface area (Å²) in [7, 11) is 0. The van der Waals surface area contributed by atoms with Crippen molar-refractivity contribution in [2.45, 2.75) is 4.90 Å². The fourth-order valence-electron chi connectivity index (χ4n) is 4.34. The molecule has 1 aromatic heterocycles. The lowest BCUT2D eigenvalue weighted by atomic mass is 10.0. The molecule has 0 N–H and O–H groups in total.